The summed E-state index contributed by atoms with van der Waals surface area (Å²) in [6, 6.07) is 13.5. The molecule has 0 bridgehead atoms. The lowest BCUT2D eigenvalue weighted by molar-refractivity contribution is 0.107. The van der Waals surface area contributed by atoms with Crippen molar-refractivity contribution in [2.45, 2.75) is 0 Å². The van der Waals surface area contributed by atoms with Gasteiger partial charge in [-0.3, -0.25) is 14.8 Å². The first-order valence-corrected chi connectivity index (χ1v) is 6.98. The Morgan fingerprint density at radius 3 is 2.70 bits per heavy atom. The van der Waals surface area contributed by atoms with Gasteiger partial charge in [0.25, 0.3) is 0 Å². The predicted octanol–water partition coefficient (Wildman–Crippen LogP) is 3.53. The molecule has 114 valence electrons. The van der Waals surface area contributed by atoms with Crippen LogP contribution in [0.4, 0.5) is 5.69 Å². The van der Waals surface area contributed by atoms with Gasteiger partial charge in [-0.2, -0.15) is 0 Å². The number of fused-ring (bicyclic) bond motifs is 1. The zero-order valence-electron chi connectivity index (χ0n) is 12.4. The number of aromatic hydroxyl groups is 1. The van der Waals surface area contributed by atoms with Crippen LogP contribution in [-0.4, -0.2) is 29.2 Å². The van der Waals surface area contributed by atoms with Crippen LogP contribution in [0, 0.1) is 0 Å². The van der Waals surface area contributed by atoms with Crippen LogP contribution in [0.25, 0.3) is 10.9 Å². The molecule has 1 N–H and O–H groups in total. The molecule has 3 rings (SSSR count). The minimum atomic E-state index is -0.210. The fourth-order valence-corrected chi connectivity index (χ4v) is 2.21. The molecule has 0 fully saturated rings. The molecule has 0 amide bonds. The number of benzene rings is 2. The Hall–Kier alpha value is -3.21. The highest BCUT2D eigenvalue weighted by atomic mass is 16.5. The van der Waals surface area contributed by atoms with Crippen LogP contribution in [0.2, 0.25) is 0 Å². The van der Waals surface area contributed by atoms with Crippen molar-refractivity contribution in [3.8, 4) is 11.5 Å². The van der Waals surface area contributed by atoms with Gasteiger partial charge in [0.2, 0.25) is 5.78 Å². The number of phenols is 1. The smallest absolute Gasteiger partial charge is 0.204 e. The van der Waals surface area contributed by atoms with Crippen LogP contribution in [0.5, 0.6) is 11.5 Å². The predicted molar refractivity (Wildman–Crippen MR) is 88.9 cm³/mol. The zero-order chi connectivity index (χ0) is 16.2. The van der Waals surface area contributed by atoms with Crippen LogP contribution in [0.15, 0.2) is 59.7 Å². The van der Waals surface area contributed by atoms with Crippen LogP contribution < -0.4 is 4.74 Å². The average molecular weight is 306 g/mol. The van der Waals surface area contributed by atoms with Gasteiger partial charge < -0.3 is 9.84 Å². The number of carbonyl (C=O) groups excluding carboxylic acids is 1. The third kappa shape index (κ3) is 3.03. The maximum atomic E-state index is 12.2. The van der Waals surface area contributed by atoms with Crippen LogP contribution >= 0.6 is 0 Å². The minimum Gasteiger partial charge on any atom is -0.506 e. The van der Waals surface area contributed by atoms with Crippen LogP contribution in [-0.2, 0) is 0 Å². The molecular weight excluding hydrogens is 292 g/mol. The molecule has 1 aromatic heterocycles. The first-order valence-electron chi connectivity index (χ1n) is 6.98. The van der Waals surface area contributed by atoms with Gasteiger partial charge in [0.15, 0.2) is 0 Å². The highest BCUT2D eigenvalue weighted by Crippen LogP contribution is 2.30. The molecule has 0 saturated carbocycles. The largest absolute Gasteiger partial charge is 0.506 e. The number of carbonyl (C=O) groups is 1. The van der Waals surface area contributed by atoms with Gasteiger partial charge in [-0.15, -0.1) is 0 Å². The van der Waals surface area contributed by atoms with Gasteiger partial charge in [-0.25, -0.2) is 0 Å². The molecule has 0 unspecified atom stereocenters. The molecule has 5 nitrogen and oxygen atoms in total. The van der Waals surface area contributed by atoms with E-state index in [0.717, 1.165) is 0 Å². The zero-order valence-corrected chi connectivity index (χ0v) is 12.4. The lowest BCUT2D eigenvalue weighted by atomic mass is 10.1. The third-order valence-corrected chi connectivity index (χ3v) is 3.42. The number of aliphatic imine (C=N–C) groups is 1. The lowest BCUT2D eigenvalue weighted by Gasteiger charge is -2.03. The quantitative estimate of drug-likeness (QED) is 0.591. The second kappa shape index (κ2) is 6.27. The number of phenolic OH excluding ortho intramolecular Hbond substituents is 1. The van der Waals surface area contributed by atoms with Crippen molar-refractivity contribution >= 4 is 28.6 Å². The molecule has 23 heavy (non-hydrogen) atoms. The first-order chi connectivity index (χ1) is 11.2. The molecule has 0 radical (unpaired) electrons. The van der Waals surface area contributed by atoms with Gasteiger partial charge in [0, 0.05) is 17.1 Å². The summed E-state index contributed by atoms with van der Waals surface area (Å²) in [6.07, 6.45) is 2.86. The number of aromatic nitrogens is 1. The number of ketones is 1. The average Bonchev–Trinajstić information content (AvgIpc) is 2.61. The van der Waals surface area contributed by atoms with E-state index in [9.17, 15) is 9.90 Å². The van der Waals surface area contributed by atoms with Crippen molar-refractivity contribution in [1.82, 2.24) is 4.98 Å². The summed E-state index contributed by atoms with van der Waals surface area (Å²) in [4.78, 5) is 20.5. The van der Waals surface area contributed by atoms with E-state index in [1.807, 2.05) is 0 Å². The SMILES string of the molecule is COc1ccc(C(=O)/C=N/c2ccc(O)c3ncccc23)cc1. The maximum absolute atomic E-state index is 12.2. The van der Waals surface area contributed by atoms with Crippen molar-refractivity contribution in [3.05, 3.63) is 60.3 Å². The Morgan fingerprint density at radius 2 is 1.96 bits per heavy atom. The Bertz CT molecular complexity index is 886. The molecule has 0 aliphatic rings. The fraction of sp³-hybridized carbons (Fsp3) is 0.0556. The second-order valence-electron chi connectivity index (χ2n) is 4.85. The van der Waals surface area contributed by atoms with Crippen molar-refractivity contribution in [1.29, 1.82) is 0 Å². The highest BCUT2D eigenvalue weighted by Gasteiger charge is 2.06. The van der Waals surface area contributed by atoms with E-state index in [1.165, 1.54) is 12.3 Å². The van der Waals surface area contributed by atoms with Crippen molar-refractivity contribution in [2.24, 2.45) is 4.99 Å². The number of pyridine rings is 1. The van der Waals surface area contributed by atoms with Gasteiger partial charge in [-0.05, 0) is 48.5 Å². The van der Waals surface area contributed by atoms with E-state index in [-0.39, 0.29) is 11.5 Å². The van der Waals surface area contributed by atoms with Gasteiger partial charge in [0.05, 0.1) is 19.0 Å². The van der Waals surface area contributed by atoms with Crippen LogP contribution in [0.3, 0.4) is 0 Å². The lowest BCUT2D eigenvalue weighted by Crippen LogP contribution is -1.99. The third-order valence-electron chi connectivity index (χ3n) is 3.42. The van der Waals surface area contributed by atoms with Crippen molar-refractivity contribution < 1.29 is 14.6 Å². The first kappa shape index (κ1) is 14.7. The molecule has 3 aromatic rings. The molecule has 0 saturated heterocycles. The van der Waals surface area contributed by atoms with E-state index in [1.54, 1.807) is 55.8 Å². The summed E-state index contributed by atoms with van der Waals surface area (Å²) in [6.45, 7) is 0. The molecule has 0 spiro atoms. The van der Waals surface area contributed by atoms with Gasteiger partial charge in [-0.1, -0.05) is 0 Å². The summed E-state index contributed by atoms with van der Waals surface area (Å²) in [7, 11) is 1.57. The molecule has 2 aromatic carbocycles. The number of hydrogen-bond acceptors (Lipinski definition) is 5. The van der Waals surface area contributed by atoms with E-state index in [4.69, 9.17) is 4.74 Å². The summed E-state index contributed by atoms with van der Waals surface area (Å²) in [5, 5.41) is 10.5. The molecule has 5 heteroatoms. The van der Waals surface area contributed by atoms with Gasteiger partial charge in [0.1, 0.15) is 17.0 Å². The van der Waals surface area contributed by atoms with E-state index < -0.39 is 0 Å². The topological polar surface area (TPSA) is 71.8 Å². The molecule has 1 heterocycles. The number of nitrogens with zero attached hydrogens (tertiary/aromatic N) is 2. The maximum Gasteiger partial charge on any atom is 0.204 e. The number of ether oxygens (including phenoxy) is 1. The number of methoxy groups -OCH3 is 1. The molecule has 0 aliphatic carbocycles. The fourth-order valence-electron chi connectivity index (χ4n) is 2.21. The number of rotatable bonds is 4. The molecule has 0 atom stereocenters. The highest BCUT2D eigenvalue weighted by molar-refractivity contribution is 6.36. The minimum absolute atomic E-state index is 0.0843. The molecule has 0 aliphatic heterocycles. The summed E-state index contributed by atoms with van der Waals surface area (Å²) >= 11 is 0. The Morgan fingerprint density at radius 1 is 1.17 bits per heavy atom. The van der Waals surface area contributed by atoms with Crippen molar-refractivity contribution in [2.75, 3.05) is 7.11 Å². The van der Waals surface area contributed by atoms with E-state index in [0.29, 0.717) is 27.9 Å². The van der Waals surface area contributed by atoms with E-state index in [2.05, 4.69) is 9.98 Å². The summed E-state index contributed by atoms with van der Waals surface area (Å²) < 4.78 is 5.06. The monoisotopic (exact) mass is 306 g/mol. The standard InChI is InChI=1S/C18H14N2O3/c1-23-13-6-4-12(5-7-13)17(22)11-20-15-8-9-16(21)18-14(15)3-2-10-19-18/h2-11,21H,1H3/b20-11+. The summed E-state index contributed by atoms with van der Waals surface area (Å²) in [5.74, 6) is 0.563. The number of Topliss-reactive ketones (excluding diaryl/α,β-unsaturated/α-hetero) is 1. The van der Waals surface area contributed by atoms with Crippen LogP contribution in [0.1, 0.15) is 10.4 Å². The van der Waals surface area contributed by atoms with E-state index >= 15 is 0 Å². The Kier molecular flexibility index (Phi) is 4.01. The summed E-state index contributed by atoms with van der Waals surface area (Å²) in [5.41, 5.74) is 1.56. The molecular formula is C18H14N2O3. The van der Waals surface area contributed by atoms with Gasteiger partial charge >= 0.3 is 0 Å². The normalized spacial score (nSPS) is 11.0. The Labute approximate surface area is 132 Å². The Balaban J connectivity index is 1.90. The van der Waals surface area contributed by atoms with Crippen molar-refractivity contribution in [3.63, 3.8) is 0 Å². The second-order valence-corrected chi connectivity index (χ2v) is 4.85. The number of hydrogen-bond donors (Lipinski definition) is 1.